The van der Waals surface area contributed by atoms with Gasteiger partial charge >= 0.3 is 6.09 Å². The second kappa shape index (κ2) is 8.95. The van der Waals surface area contributed by atoms with E-state index < -0.39 is 6.09 Å². The zero-order valence-corrected chi connectivity index (χ0v) is 14.1. The quantitative estimate of drug-likeness (QED) is 0.757. The Morgan fingerprint density at radius 3 is 2.14 bits per heavy atom. The maximum absolute atomic E-state index is 12.0. The smallest absolute Gasteiger partial charge is 0.407 e. The molecule has 128 valence electrons. The lowest BCUT2D eigenvalue weighted by atomic mass is 9.92. The van der Waals surface area contributed by atoms with Crippen molar-refractivity contribution in [2.45, 2.75) is 37.8 Å². The van der Waals surface area contributed by atoms with Crippen LogP contribution in [0.1, 0.15) is 25.7 Å². The summed E-state index contributed by atoms with van der Waals surface area (Å²) in [4.78, 5) is 28.0. The minimum atomic E-state index is -0.887. The Kier molecular flexibility index (Phi) is 7.61. The first kappa shape index (κ1) is 18.7. The predicted octanol–water partition coefficient (Wildman–Crippen LogP) is 0.944. The van der Waals surface area contributed by atoms with Gasteiger partial charge in [0.15, 0.2) is 0 Å². The van der Waals surface area contributed by atoms with Crippen LogP contribution in [-0.2, 0) is 9.53 Å². The maximum atomic E-state index is 12.0. The van der Waals surface area contributed by atoms with Crippen LogP contribution < -0.4 is 0 Å². The molecule has 2 amide bonds. The van der Waals surface area contributed by atoms with Gasteiger partial charge in [-0.2, -0.15) is 0 Å². The average Bonchev–Trinajstić information content (AvgIpc) is 2.49. The molecule has 0 radical (unpaired) electrons. The molecule has 0 atom stereocenters. The molecule has 0 saturated heterocycles. The van der Waals surface area contributed by atoms with Gasteiger partial charge in [-0.3, -0.25) is 4.79 Å². The van der Waals surface area contributed by atoms with Crippen molar-refractivity contribution >= 4 is 12.0 Å². The largest absolute Gasteiger partial charge is 0.465 e. The number of amides is 2. The number of carboxylic acid groups (broad SMARTS) is 1. The summed E-state index contributed by atoms with van der Waals surface area (Å²) in [5.74, 6) is -0.00775. The summed E-state index contributed by atoms with van der Waals surface area (Å²) in [5.41, 5.74) is 0. The molecule has 0 heterocycles. The van der Waals surface area contributed by atoms with Crippen LogP contribution in [0, 0.1) is 0 Å². The number of carbonyl (C=O) groups is 2. The van der Waals surface area contributed by atoms with Crippen LogP contribution in [0.5, 0.6) is 0 Å². The summed E-state index contributed by atoms with van der Waals surface area (Å²) >= 11 is 0. The molecule has 7 nitrogen and oxygen atoms in total. The molecular formula is C15H29N3O4. The highest BCUT2D eigenvalue weighted by Gasteiger charge is 2.27. The summed E-state index contributed by atoms with van der Waals surface area (Å²) in [7, 11) is 7.34. The molecular weight excluding hydrogens is 286 g/mol. The van der Waals surface area contributed by atoms with Crippen molar-refractivity contribution in [2.75, 3.05) is 47.9 Å². The Labute approximate surface area is 132 Å². The van der Waals surface area contributed by atoms with Gasteiger partial charge in [0, 0.05) is 33.2 Å². The summed E-state index contributed by atoms with van der Waals surface area (Å²) < 4.78 is 5.69. The molecule has 1 rings (SSSR count). The number of rotatable bonds is 7. The fraction of sp³-hybridized carbons (Fsp3) is 0.867. The summed E-state index contributed by atoms with van der Waals surface area (Å²) in [6, 6.07) is 0.0656. The fourth-order valence-corrected chi connectivity index (χ4v) is 2.53. The van der Waals surface area contributed by atoms with E-state index in [0.717, 1.165) is 32.2 Å². The minimum absolute atomic E-state index is 0.00775. The molecule has 1 N–H and O–H groups in total. The van der Waals surface area contributed by atoms with E-state index in [9.17, 15) is 9.59 Å². The monoisotopic (exact) mass is 315 g/mol. The predicted molar refractivity (Wildman–Crippen MR) is 84.0 cm³/mol. The first-order chi connectivity index (χ1) is 10.3. The lowest BCUT2D eigenvalue weighted by molar-refractivity contribution is -0.137. The van der Waals surface area contributed by atoms with Gasteiger partial charge in [0.25, 0.3) is 0 Å². The van der Waals surface area contributed by atoms with E-state index in [0.29, 0.717) is 6.54 Å². The van der Waals surface area contributed by atoms with Crippen LogP contribution in [0.25, 0.3) is 0 Å². The van der Waals surface area contributed by atoms with E-state index in [4.69, 9.17) is 9.84 Å². The molecule has 1 fully saturated rings. The normalized spacial score (nSPS) is 21.7. The summed E-state index contributed by atoms with van der Waals surface area (Å²) in [6.45, 7) is 1.62. The molecule has 1 saturated carbocycles. The Bertz CT molecular complexity index is 368. The average molecular weight is 315 g/mol. The van der Waals surface area contributed by atoms with Crippen molar-refractivity contribution in [3.8, 4) is 0 Å². The number of likely N-dealkylation sites (N-methyl/N-ethyl adjacent to an activating group) is 2. The molecule has 0 aromatic carbocycles. The van der Waals surface area contributed by atoms with Gasteiger partial charge < -0.3 is 24.5 Å². The number of hydrogen-bond acceptors (Lipinski definition) is 4. The van der Waals surface area contributed by atoms with Crippen LogP contribution in [0.4, 0.5) is 4.79 Å². The van der Waals surface area contributed by atoms with Crippen molar-refractivity contribution in [1.82, 2.24) is 14.7 Å². The molecule has 0 aromatic heterocycles. The molecule has 0 aliphatic heterocycles. The lowest BCUT2D eigenvalue weighted by Crippen LogP contribution is -2.41. The SMILES string of the molecule is CN(C)CCN(C)C(=O)COC1CCC(N(C)C(=O)O)CC1. The summed E-state index contributed by atoms with van der Waals surface area (Å²) in [5, 5.41) is 8.97. The second-order valence-electron chi connectivity index (χ2n) is 6.25. The van der Waals surface area contributed by atoms with Gasteiger partial charge in [0.1, 0.15) is 6.61 Å². The highest BCUT2D eigenvalue weighted by atomic mass is 16.5. The van der Waals surface area contributed by atoms with Gasteiger partial charge in [0.05, 0.1) is 6.10 Å². The molecule has 7 heteroatoms. The highest BCUT2D eigenvalue weighted by molar-refractivity contribution is 5.77. The minimum Gasteiger partial charge on any atom is -0.465 e. The van der Waals surface area contributed by atoms with Crippen LogP contribution in [0.2, 0.25) is 0 Å². The molecule has 0 bridgehead atoms. The molecule has 0 spiro atoms. The molecule has 1 aliphatic rings. The Morgan fingerprint density at radius 2 is 1.64 bits per heavy atom. The Hall–Kier alpha value is -1.34. The number of carbonyl (C=O) groups excluding carboxylic acids is 1. The standard InChI is InChI=1S/C15H29N3O4/c1-16(2)9-10-17(3)14(19)11-22-13-7-5-12(6-8-13)18(4)15(20)21/h12-13H,5-11H2,1-4H3,(H,20,21). The second-order valence-corrected chi connectivity index (χ2v) is 6.25. The number of nitrogens with zero attached hydrogens (tertiary/aromatic N) is 3. The summed E-state index contributed by atoms with van der Waals surface area (Å²) in [6.07, 6.45) is 2.36. The third-order valence-electron chi connectivity index (χ3n) is 4.24. The Morgan fingerprint density at radius 1 is 1.05 bits per heavy atom. The van der Waals surface area contributed by atoms with Crippen molar-refractivity contribution in [2.24, 2.45) is 0 Å². The van der Waals surface area contributed by atoms with Crippen molar-refractivity contribution < 1.29 is 19.4 Å². The molecule has 0 unspecified atom stereocenters. The topological polar surface area (TPSA) is 73.3 Å². The fourth-order valence-electron chi connectivity index (χ4n) is 2.53. The van der Waals surface area contributed by atoms with Gasteiger partial charge in [-0.25, -0.2) is 4.79 Å². The Balaban J connectivity index is 2.24. The van der Waals surface area contributed by atoms with Crippen LogP contribution in [-0.4, -0.2) is 91.8 Å². The van der Waals surface area contributed by atoms with E-state index in [1.165, 1.54) is 4.90 Å². The van der Waals surface area contributed by atoms with E-state index in [1.807, 2.05) is 19.0 Å². The van der Waals surface area contributed by atoms with Crippen LogP contribution >= 0.6 is 0 Å². The lowest BCUT2D eigenvalue weighted by Gasteiger charge is -2.33. The maximum Gasteiger partial charge on any atom is 0.407 e. The third-order valence-corrected chi connectivity index (χ3v) is 4.24. The zero-order chi connectivity index (χ0) is 16.7. The number of hydrogen-bond donors (Lipinski definition) is 1. The van der Waals surface area contributed by atoms with E-state index in [1.54, 1.807) is 19.0 Å². The number of ether oxygens (including phenoxy) is 1. The van der Waals surface area contributed by atoms with E-state index >= 15 is 0 Å². The van der Waals surface area contributed by atoms with Crippen molar-refractivity contribution in [3.05, 3.63) is 0 Å². The van der Waals surface area contributed by atoms with Crippen LogP contribution in [0.15, 0.2) is 0 Å². The molecule has 22 heavy (non-hydrogen) atoms. The molecule has 1 aliphatic carbocycles. The highest BCUT2D eigenvalue weighted by Crippen LogP contribution is 2.24. The van der Waals surface area contributed by atoms with Gasteiger partial charge in [-0.1, -0.05) is 0 Å². The van der Waals surface area contributed by atoms with Crippen molar-refractivity contribution in [3.63, 3.8) is 0 Å². The molecule has 0 aromatic rings. The van der Waals surface area contributed by atoms with E-state index in [-0.39, 0.29) is 24.7 Å². The van der Waals surface area contributed by atoms with Gasteiger partial charge in [0.2, 0.25) is 5.91 Å². The van der Waals surface area contributed by atoms with E-state index in [2.05, 4.69) is 0 Å². The zero-order valence-electron chi connectivity index (χ0n) is 14.1. The van der Waals surface area contributed by atoms with Crippen LogP contribution in [0.3, 0.4) is 0 Å². The van der Waals surface area contributed by atoms with Crippen molar-refractivity contribution in [1.29, 1.82) is 0 Å². The first-order valence-corrected chi connectivity index (χ1v) is 7.77. The third kappa shape index (κ3) is 6.19. The first-order valence-electron chi connectivity index (χ1n) is 7.77. The van der Waals surface area contributed by atoms with Gasteiger partial charge in [-0.15, -0.1) is 0 Å². The van der Waals surface area contributed by atoms with Gasteiger partial charge in [-0.05, 0) is 39.8 Å².